The number of fused-ring (bicyclic) bond motifs is 1. The van der Waals surface area contributed by atoms with Crippen LogP contribution in [0.4, 0.5) is 0 Å². The van der Waals surface area contributed by atoms with Gasteiger partial charge in [-0.3, -0.25) is 4.79 Å². The van der Waals surface area contributed by atoms with E-state index >= 15 is 0 Å². The highest BCUT2D eigenvalue weighted by atomic mass is 32.2. The van der Waals surface area contributed by atoms with Crippen molar-refractivity contribution in [3.63, 3.8) is 0 Å². The lowest BCUT2D eigenvalue weighted by Gasteiger charge is -2.35. The van der Waals surface area contributed by atoms with Crippen LogP contribution >= 0.6 is 11.8 Å². The molecule has 2 fully saturated rings. The van der Waals surface area contributed by atoms with Crippen LogP contribution in [-0.4, -0.2) is 42.5 Å². The van der Waals surface area contributed by atoms with E-state index in [-0.39, 0.29) is 11.9 Å². The molecule has 2 aliphatic rings. The zero-order valence-electron chi connectivity index (χ0n) is 12.2. The predicted octanol–water partition coefficient (Wildman–Crippen LogP) is 1.50. The first-order valence-electron chi connectivity index (χ1n) is 7.51. The summed E-state index contributed by atoms with van der Waals surface area (Å²) in [5.41, 5.74) is 0.698. The lowest BCUT2D eigenvalue weighted by Crippen LogP contribution is -2.49. The van der Waals surface area contributed by atoms with Crippen LogP contribution in [0.2, 0.25) is 0 Å². The average Bonchev–Trinajstić information content (AvgIpc) is 2.94. The first-order valence-corrected chi connectivity index (χ1v) is 8.74. The number of carbonyl (C=O) groups excluding carboxylic acids is 1. The third kappa shape index (κ3) is 3.10. The van der Waals surface area contributed by atoms with Crippen molar-refractivity contribution in [1.82, 2.24) is 10.6 Å². The van der Waals surface area contributed by atoms with Gasteiger partial charge in [0.2, 0.25) is 0 Å². The van der Waals surface area contributed by atoms with Gasteiger partial charge in [-0.25, -0.2) is 0 Å². The van der Waals surface area contributed by atoms with Crippen LogP contribution < -0.4 is 10.6 Å². The molecule has 1 aromatic carbocycles. The highest BCUT2D eigenvalue weighted by Gasteiger charge is 2.39. The molecule has 0 aromatic heterocycles. The van der Waals surface area contributed by atoms with Crippen LogP contribution in [0.25, 0.3) is 0 Å². The Bertz CT molecular complexity index is 523. The smallest absolute Gasteiger partial charge is 0.252 e. The molecule has 21 heavy (non-hydrogen) atoms. The fourth-order valence-electron chi connectivity index (χ4n) is 3.53. The lowest BCUT2D eigenvalue weighted by atomic mass is 9.77. The second-order valence-electron chi connectivity index (χ2n) is 6.00. The van der Waals surface area contributed by atoms with Gasteiger partial charge in [-0.2, -0.15) is 0 Å². The van der Waals surface area contributed by atoms with E-state index < -0.39 is 6.10 Å². The summed E-state index contributed by atoms with van der Waals surface area (Å²) in [6, 6.07) is 7.48. The normalized spacial score (nSPS) is 31.7. The third-order valence-corrected chi connectivity index (χ3v) is 5.51. The van der Waals surface area contributed by atoms with Gasteiger partial charge in [0.15, 0.2) is 0 Å². The molecule has 0 radical (unpaired) electrons. The number of hydrogen-bond acceptors (Lipinski definition) is 4. The molecule has 1 saturated carbocycles. The van der Waals surface area contributed by atoms with E-state index in [4.69, 9.17) is 0 Å². The topological polar surface area (TPSA) is 61.4 Å². The minimum atomic E-state index is -0.434. The first-order chi connectivity index (χ1) is 10.2. The fourth-order valence-corrected chi connectivity index (χ4v) is 4.13. The Balaban J connectivity index is 1.69. The Morgan fingerprint density at radius 3 is 2.76 bits per heavy atom. The van der Waals surface area contributed by atoms with Gasteiger partial charge in [-0.15, -0.1) is 11.8 Å². The van der Waals surface area contributed by atoms with Crippen molar-refractivity contribution in [2.24, 2.45) is 11.8 Å². The molecule has 5 heteroatoms. The minimum Gasteiger partial charge on any atom is -0.391 e. The molecule has 1 aromatic rings. The molecule has 1 aliphatic carbocycles. The second-order valence-corrected chi connectivity index (χ2v) is 6.85. The van der Waals surface area contributed by atoms with Crippen molar-refractivity contribution in [3.05, 3.63) is 29.8 Å². The molecule has 1 amide bonds. The molecule has 3 rings (SSSR count). The molecular weight excluding hydrogens is 284 g/mol. The molecule has 1 aliphatic heterocycles. The van der Waals surface area contributed by atoms with Crippen molar-refractivity contribution in [2.45, 2.75) is 29.9 Å². The van der Waals surface area contributed by atoms with E-state index in [0.29, 0.717) is 17.4 Å². The van der Waals surface area contributed by atoms with Crippen molar-refractivity contribution in [2.75, 3.05) is 19.3 Å². The summed E-state index contributed by atoms with van der Waals surface area (Å²) in [5.74, 6) is 1.06. The molecule has 1 saturated heterocycles. The summed E-state index contributed by atoms with van der Waals surface area (Å²) in [6.07, 6.45) is 3.19. The van der Waals surface area contributed by atoms with Crippen molar-refractivity contribution < 1.29 is 9.90 Å². The van der Waals surface area contributed by atoms with E-state index in [9.17, 15) is 9.90 Å². The van der Waals surface area contributed by atoms with Gasteiger partial charge < -0.3 is 15.7 Å². The Kier molecular flexibility index (Phi) is 4.52. The van der Waals surface area contributed by atoms with Crippen LogP contribution in [0.3, 0.4) is 0 Å². The van der Waals surface area contributed by atoms with Gasteiger partial charge in [-0.1, -0.05) is 12.1 Å². The third-order valence-electron chi connectivity index (χ3n) is 4.71. The van der Waals surface area contributed by atoms with Crippen LogP contribution in [0.5, 0.6) is 0 Å². The summed E-state index contributed by atoms with van der Waals surface area (Å²) < 4.78 is 0. The van der Waals surface area contributed by atoms with E-state index in [1.165, 1.54) is 0 Å². The Labute approximate surface area is 129 Å². The molecule has 3 N–H and O–H groups in total. The van der Waals surface area contributed by atoms with Crippen LogP contribution in [-0.2, 0) is 0 Å². The van der Waals surface area contributed by atoms with Crippen LogP contribution in [0.15, 0.2) is 29.2 Å². The van der Waals surface area contributed by atoms with Gasteiger partial charge in [0, 0.05) is 4.90 Å². The molecule has 1 heterocycles. The summed E-state index contributed by atoms with van der Waals surface area (Å²) in [6.45, 7) is 2.00. The highest BCUT2D eigenvalue weighted by molar-refractivity contribution is 7.98. The van der Waals surface area contributed by atoms with E-state index in [1.807, 2.05) is 30.5 Å². The number of nitrogens with one attached hydrogen (secondary N) is 2. The monoisotopic (exact) mass is 306 g/mol. The number of amides is 1. The number of aliphatic hydroxyl groups excluding tert-OH is 1. The van der Waals surface area contributed by atoms with Gasteiger partial charge in [0.05, 0.1) is 17.7 Å². The molecule has 0 bridgehead atoms. The van der Waals surface area contributed by atoms with Gasteiger partial charge in [0.25, 0.3) is 5.91 Å². The number of aliphatic hydroxyl groups is 1. The number of rotatable bonds is 3. The zero-order chi connectivity index (χ0) is 14.8. The van der Waals surface area contributed by atoms with E-state index in [1.54, 1.807) is 11.8 Å². The zero-order valence-corrected chi connectivity index (χ0v) is 13.0. The van der Waals surface area contributed by atoms with Gasteiger partial charge >= 0.3 is 0 Å². The first kappa shape index (κ1) is 14.9. The molecule has 4 nitrogen and oxygen atoms in total. The number of hydrogen-bond donors (Lipinski definition) is 3. The standard InChI is InChI=1S/C16H22N2O2S/c1-21-15-5-3-2-4-12(15)16(20)18-13-6-10-8-17-9-11(10)7-14(13)19/h2-5,10-11,13-14,17,19H,6-9H2,1H3,(H,18,20)/t10-,11+,13-,14-/m0/s1. The predicted molar refractivity (Wildman–Crippen MR) is 84.6 cm³/mol. The molecule has 0 unspecified atom stereocenters. The quantitative estimate of drug-likeness (QED) is 0.741. The molecule has 114 valence electrons. The van der Waals surface area contributed by atoms with Crippen molar-refractivity contribution in [1.29, 1.82) is 0 Å². The summed E-state index contributed by atoms with van der Waals surface area (Å²) in [5, 5.41) is 16.7. The van der Waals surface area contributed by atoms with Gasteiger partial charge in [-0.05, 0) is 56.2 Å². The number of carbonyl (C=O) groups is 1. The maximum atomic E-state index is 12.5. The summed E-state index contributed by atoms with van der Waals surface area (Å²) >= 11 is 1.57. The maximum Gasteiger partial charge on any atom is 0.252 e. The van der Waals surface area contributed by atoms with Crippen LogP contribution in [0, 0.1) is 11.8 Å². The molecular formula is C16H22N2O2S. The van der Waals surface area contributed by atoms with Crippen molar-refractivity contribution >= 4 is 17.7 Å². The number of thioether (sulfide) groups is 1. The summed E-state index contributed by atoms with van der Waals surface area (Å²) in [4.78, 5) is 13.5. The Morgan fingerprint density at radius 2 is 2.00 bits per heavy atom. The SMILES string of the molecule is CSc1ccccc1C(=O)N[C@H]1C[C@H]2CNC[C@H]2C[C@@H]1O. The van der Waals surface area contributed by atoms with Crippen LogP contribution in [0.1, 0.15) is 23.2 Å². The van der Waals surface area contributed by atoms with Crippen molar-refractivity contribution in [3.8, 4) is 0 Å². The fraction of sp³-hybridized carbons (Fsp3) is 0.562. The largest absolute Gasteiger partial charge is 0.391 e. The second kappa shape index (κ2) is 6.38. The lowest BCUT2D eigenvalue weighted by molar-refractivity contribution is 0.0461. The highest BCUT2D eigenvalue weighted by Crippen LogP contribution is 2.33. The average molecular weight is 306 g/mol. The molecule has 4 atom stereocenters. The number of benzene rings is 1. The maximum absolute atomic E-state index is 12.5. The van der Waals surface area contributed by atoms with Gasteiger partial charge in [0.1, 0.15) is 0 Å². The molecule has 0 spiro atoms. The van der Waals surface area contributed by atoms with E-state index in [2.05, 4.69) is 10.6 Å². The minimum absolute atomic E-state index is 0.0755. The van der Waals surface area contributed by atoms with E-state index in [0.717, 1.165) is 30.8 Å². The Morgan fingerprint density at radius 1 is 1.29 bits per heavy atom. The Hall–Kier alpha value is -1.04. The summed E-state index contributed by atoms with van der Waals surface area (Å²) in [7, 11) is 0.